The summed E-state index contributed by atoms with van der Waals surface area (Å²) >= 11 is 5.98. The quantitative estimate of drug-likeness (QED) is 0.662. The molecule has 26 heavy (non-hydrogen) atoms. The number of aromatic nitrogens is 1. The Morgan fingerprint density at radius 2 is 1.65 bits per heavy atom. The van der Waals surface area contributed by atoms with Crippen LogP contribution in [0.2, 0.25) is 5.02 Å². The van der Waals surface area contributed by atoms with Crippen LogP contribution in [0.4, 0.5) is 5.82 Å². The fourth-order valence-corrected chi connectivity index (χ4v) is 3.81. The number of benzene rings is 2. The molecule has 134 valence electrons. The number of pyridine rings is 1. The lowest BCUT2D eigenvalue weighted by molar-refractivity contribution is 0.249. The molecule has 0 aliphatic carbocycles. The number of piperazine rings is 1. The van der Waals surface area contributed by atoms with Crippen molar-refractivity contribution in [2.24, 2.45) is 0 Å². The molecular formula is C22H24ClN3. The second kappa shape index (κ2) is 7.26. The molecular weight excluding hydrogens is 342 g/mol. The summed E-state index contributed by atoms with van der Waals surface area (Å²) < 4.78 is 0. The minimum Gasteiger partial charge on any atom is -0.354 e. The lowest BCUT2D eigenvalue weighted by atomic mass is 10.1. The smallest absolute Gasteiger partial charge is 0.129 e. The molecule has 0 amide bonds. The van der Waals surface area contributed by atoms with Gasteiger partial charge >= 0.3 is 0 Å². The molecule has 0 unspecified atom stereocenters. The predicted molar refractivity (Wildman–Crippen MR) is 110 cm³/mol. The molecule has 3 aromatic rings. The van der Waals surface area contributed by atoms with E-state index in [1.54, 1.807) is 0 Å². The Morgan fingerprint density at radius 1 is 0.923 bits per heavy atom. The van der Waals surface area contributed by atoms with Crippen LogP contribution < -0.4 is 4.90 Å². The molecule has 0 spiro atoms. The zero-order valence-electron chi connectivity index (χ0n) is 15.4. The Kier molecular flexibility index (Phi) is 4.84. The van der Waals surface area contributed by atoms with Crippen molar-refractivity contribution in [1.82, 2.24) is 9.88 Å². The van der Waals surface area contributed by atoms with E-state index in [-0.39, 0.29) is 0 Å². The van der Waals surface area contributed by atoms with Crippen molar-refractivity contribution in [1.29, 1.82) is 0 Å². The number of halogens is 1. The highest BCUT2D eigenvalue weighted by Gasteiger charge is 2.19. The standard InChI is InChI=1S/C22H24ClN3/c1-16-4-3-5-20-17(2)14-21(24-22(16)20)26-12-10-25(11-13-26)15-18-6-8-19(23)9-7-18/h3-9,14H,10-13,15H2,1-2H3. The molecule has 4 rings (SSSR count). The van der Waals surface area contributed by atoms with Crippen LogP contribution in [0.5, 0.6) is 0 Å². The first-order valence-electron chi connectivity index (χ1n) is 9.19. The number of rotatable bonds is 3. The number of hydrogen-bond donors (Lipinski definition) is 0. The Bertz CT molecular complexity index is 913. The van der Waals surface area contributed by atoms with E-state index in [0.717, 1.165) is 49.1 Å². The summed E-state index contributed by atoms with van der Waals surface area (Å²) in [6.45, 7) is 9.43. The molecule has 1 aliphatic rings. The fourth-order valence-electron chi connectivity index (χ4n) is 3.69. The van der Waals surface area contributed by atoms with Crippen molar-refractivity contribution >= 4 is 28.3 Å². The second-order valence-electron chi connectivity index (χ2n) is 7.16. The third-order valence-electron chi connectivity index (χ3n) is 5.25. The first-order chi connectivity index (χ1) is 12.6. The van der Waals surface area contributed by atoms with Crippen LogP contribution in [-0.2, 0) is 6.54 Å². The number of anilines is 1. The van der Waals surface area contributed by atoms with Gasteiger partial charge in [0.25, 0.3) is 0 Å². The minimum atomic E-state index is 0.798. The maximum atomic E-state index is 5.98. The third-order valence-corrected chi connectivity index (χ3v) is 5.50. The number of para-hydroxylation sites is 1. The van der Waals surface area contributed by atoms with Crippen LogP contribution >= 0.6 is 11.6 Å². The van der Waals surface area contributed by atoms with E-state index in [9.17, 15) is 0 Å². The largest absolute Gasteiger partial charge is 0.354 e. The van der Waals surface area contributed by atoms with Gasteiger partial charge in [0, 0.05) is 43.1 Å². The molecule has 1 fully saturated rings. The number of fused-ring (bicyclic) bond motifs is 1. The van der Waals surface area contributed by atoms with E-state index in [4.69, 9.17) is 16.6 Å². The summed E-state index contributed by atoms with van der Waals surface area (Å²) in [6, 6.07) is 16.8. The molecule has 0 N–H and O–H groups in total. The van der Waals surface area contributed by atoms with Crippen LogP contribution in [0.15, 0.2) is 48.5 Å². The Hall–Kier alpha value is -2.10. The highest BCUT2D eigenvalue weighted by Crippen LogP contribution is 2.25. The average molecular weight is 366 g/mol. The van der Waals surface area contributed by atoms with Crippen molar-refractivity contribution in [2.45, 2.75) is 20.4 Å². The molecule has 1 saturated heterocycles. The molecule has 4 heteroatoms. The van der Waals surface area contributed by atoms with E-state index in [2.05, 4.69) is 60.0 Å². The van der Waals surface area contributed by atoms with Gasteiger partial charge in [-0.3, -0.25) is 4.90 Å². The van der Waals surface area contributed by atoms with Crippen molar-refractivity contribution < 1.29 is 0 Å². The van der Waals surface area contributed by atoms with E-state index in [1.807, 2.05) is 12.1 Å². The molecule has 0 bridgehead atoms. The molecule has 1 aromatic heterocycles. The topological polar surface area (TPSA) is 19.4 Å². The maximum Gasteiger partial charge on any atom is 0.129 e. The predicted octanol–water partition coefficient (Wildman–Crippen LogP) is 4.83. The molecule has 2 heterocycles. The van der Waals surface area contributed by atoms with Crippen molar-refractivity contribution in [3.05, 3.63) is 70.2 Å². The fraction of sp³-hybridized carbons (Fsp3) is 0.318. The summed E-state index contributed by atoms with van der Waals surface area (Å²) in [5.41, 5.74) is 5.00. The number of aryl methyl sites for hydroxylation is 2. The number of nitrogens with zero attached hydrogens (tertiary/aromatic N) is 3. The Balaban J connectivity index is 1.47. The second-order valence-corrected chi connectivity index (χ2v) is 7.59. The van der Waals surface area contributed by atoms with Crippen LogP contribution in [0, 0.1) is 13.8 Å². The summed E-state index contributed by atoms with van der Waals surface area (Å²) in [4.78, 5) is 9.88. The van der Waals surface area contributed by atoms with Crippen molar-refractivity contribution in [2.75, 3.05) is 31.1 Å². The maximum absolute atomic E-state index is 5.98. The highest BCUT2D eigenvalue weighted by molar-refractivity contribution is 6.30. The van der Waals surface area contributed by atoms with Gasteiger partial charge in [-0.2, -0.15) is 0 Å². The normalized spacial score (nSPS) is 15.6. The van der Waals surface area contributed by atoms with Gasteiger partial charge in [0.05, 0.1) is 5.52 Å². The first kappa shape index (κ1) is 17.3. The van der Waals surface area contributed by atoms with Gasteiger partial charge in [-0.25, -0.2) is 4.98 Å². The summed E-state index contributed by atoms with van der Waals surface area (Å²) in [6.07, 6.45) is 0. The SMILES string of the molecule is Cc1cc(N2CCN(Cc3ccc(Cl)cc3)CC2)nc2c(C)cccc12. The summed E-state index contributed by atoms with van der Waals surface area (Å²) in [7, 11) is 0. The van der Waals surface area contributed by atoms with E-state index in [1.165, 1.54) is 22.1 Å². The van der Waals surface area contributed by atoms with Crippen LogP contribution in [0.1, 0.15) is 16.7 Å². The van der Waals surface area contributed by atoms with Crippen molar-refractivity contribution in [3.63, 3.8) is 0 Å². The van der Waals surface area contributed by atoms with E-state index >= 15 is 0 Å². The van der Waals surface area contributed by atoms with Gasteiger partial charge in [-0.05, 0) is 48.7 Å². The summed E-state index contributed by atoms with van der Waals surface area (Å²) in [5.74, 6) is 1.11. The molecule has 2 aromatic carbocycles. The lowest BCUT2D eigenvalue weighted by Gasteiger charge is -2.35. The monoisotopic (exact) mass is 365 g/mol. The van der Waals surface area contributed by atoms with Crippen LogP contribution in [0.3, 0.4) is 0 Å². The van der Waals surface area contributed by atoms with Crippen LogP contribution in [-0.4, -0.2) is 36.1 Å². The number of hydrogen-bond acceptors (Lipinski definition) is 3. The van der Waals surface area contributed by atoms with E-state index in [0.29, 0.717) is 0 Å². The van der Waals surface area contributed by atoms with Gasteiger partial charge in [-0.1, -0.05) is 41.9 Å². The minimum absolute atomic E-state index is 0.798. The van der Waals surface area contributed by atoms with Crippen LogP contribution in [0.25, 0.3) is 10.9 Å². The van der Waals surface area contributed by atoms with Gasteiger partial charge in [0.15, 0.2) is 0 Å². The molecule has 0 radical (unpaired) electrons. The Labute approximate surface area is 160 Å². The van der Waals surface area contributed by atoms with Gasteiger partial charge < -0.3 is 4.90 Å². The van der Waals surface area contributed by atoms with Gasteiger partial charge in [0.1, 0.15) is 5.82 Å². The Morgan fingerprint density at radius 3 is 2.38 bits per heavy atom. The van der Waals surface area contributed by atoms with Gasteiger partial charge in [-0.15, -0.1) is 0 Å². The zero-order valence-corrected chi connectivity index (χ0v) is 16.1. The highest BCUT2D eigenvalue weighted by atomic mass is 35.5. The molecule has 0 saturated carbocycles. The molecule has 0 atom stereocenters. The van der Waals surface area contributed by atoms with Gasteiger partial charge in [0.2, 0.25) is 0 Å². The van der Waals surface area contributed by atoms with E-state index < -0.39 is 0 Å². The van der Waals surface area contributed by atoms with Crippen molar-refractivity contribution in [3.8, 4) is 0 Å². The first-order valence-corrected chi connectivity index (χ1v) is 9.57. The average Bonchev–Trinajstić information content (AvgIpc) is 2.65. The molecule has 3 nitrogen and oxygen atoms in total. The lowest BCUT2D eigenvalue weighted by Crippen LogP contribution is -2.46. The zero-order chi connectivity index (χ0) is 18.1. The third kappa shape index (κ3) is 3.55. The molecule has 1 aliphatic heterocycles. The summed E-state index contributed by atoms with van der Waals surface area (Å²) in [5, 5.41) is 2.06.